The first-order valence-electron chi connectivity index (χ1n) is 6.37. The SMILES string of the molecule is CC(=O)SCC1CC(=O)N(c2cc(C(C)C)no2)C1. The van der Waals surface area contributed by atoms with Gasteiger partial charge in [-0.05, 0) is 11.8 Å². The number of thioether (sulfide) groups is 1. The van der Waals surface area contributed by atoms with E-state index in [4.69, 9.17) is 4.52 Å². The van der Waals surface area contributed by atoms with E-state index in [-0.39, 0.29) is 22.9 Å². The maximum atomic E-state index is 12.0. The molecule has 1 unspecified atom stereocenters. The second-order valence-corrected chi connectivity index (χ2v) is 6.32. The van der Waals surface area contributed by atoms with Crippen molar-refractivity contribution < 1.29 is 14.1 Å². The van der Waals surface area contributed by atoms with Crippen LogP contribution in [0.15, 0.2) is 10.6 Å². The Morgan fingerprint density at radius 2 is 2.37 bits per heavy atom. The number of carbonyl (C=O) groups is 2. The van der Waals surface area contributed by atoms with E-state index in [1.54, 1.807) is 11.8 Å². The average molecular weight is 282 g/mol. The summed E-state index contributed by atoms with van der Waals surface area (Å²) in [5, 5.41) is 4.06. The fourth-order valence-corrected chi connectivity index (χ4v) is 2.71. The van der Waals surface area contributed by atoms with Crippen LogP contribution in [0.1, 0.15) is 38.8 Å². The monoisotopic (exact) mass is 282 g/mol. The summed E-state index contributed by atoms with van der Waals surface area (Å²) in [6, 6.07) is 1.82. The molecule has 1 aliphatic rings. The lowest BCUT2D eigenvalue weighted by Gasteiger charge is -2.11. The van der Waals surface area contributed by atoms with Crippen molar-refractivity contribution in [2.75, 3.05) is 17.2 Å². The molecule has 1 aromatic rings. The van der Waals surface area contributed by atoms with Crippen molar-refractivity contribution in [3.05, 3.63) is 11.8 Å². The molecule has 0 saturated carbocycles. The highest BCUT2D eigenvalue weighted by atomic mass is 32.2. The molecule has 19 heavy (non-hydrogen) atoms. The molecule has 1 aliphatic heterocycles. The zero-order valence-corrected chi connectivity index (χ0v) is 12.2. The van der Waals surface area contributed by atoms with E-state index in [1.807, 2.05) is 19.9 Å². The molecule has 0 radical (unpaired) electrons. The lowest BCUT2D eigenvalue weighted by molar-refractivity contribution is -0.117. The molecule has 1 saturated heterocycles. The molecule has 6 heteroatoms. The van der Waals surface area contributed by atoms with Gasteiger partial charge in [-0.25, -0.2) is 0 Å². The van der Waals surface area contributed by atoms with Crippen LogP contribution in [0.4, 0.5) is 5.88 Å². The molecule has 5 nitrogen and oxygen atoms in total. The van der Waals surface area contributed by atoms with Gasteiger partial charge >= 0.3 is 0 Å². The molecule has 0 N–H and O–H groups in total. The largest absolute Gasteiger partial charge is 0.338 e. The molecular formula is C13H18N2O3S. The Kier molecular flexibility index (Phi) is 4.29. The zero-order chi connectivity index (χ0) is 14.0. The van der Waals surface area contributed by atoms with Gasteiger partial charge in [0.15, 0.2) is 5.12 Å². The highest BCUT2D eigenvalue weighted by Crippen LogP contribution is 2.29. The first-order chi connectivity index (χ1) is 8.97. The number of aromatic nitrogens is 1. The Bertz CT molecular complexity index is 484. The summed E-state index contributed by atoms with van der Waals surface area (Å²) in [5.74, 6) is 1.72. The summed E-state index contributed by atoms with van der Waals surface area (Å²) >= 11 is 1.27. The van der Waals surface area contributed by atoms with Crippen LogP contribution in [0.2, 0.25) is 0 Å². The fourth-order valence-electron chi connectivity index (χ4n) is 2.02. The summed E-state index contributed by atoms with van der Waals surface area (Å²) in [7, 11) is 0. The Morgan fingerprint density at radius 3 is 2.95 bits per heavy atom. The minimum Gasteiger partial charge on any atom is -0.338 e. The van der Waals surface area contributed by atoms with Gasteiger partial charge in [0.05, 0.1) is 5.69 Å². The maximum Gasteiger partial charge on any atom is 0.234 e. The second kappa shape index (κ2) is 5.77. The number of amides is 1. The first kappa shape index (κ1) is 14.1. The number of hydrogen-bond donors (Lipinski definition) is 0. The average Bonchev–Trinajstić information content (AvgIpc) is 2.92. The third kappa shape index (κ3) is 3.37. The predicted molar refractivity (Wildman–Crippen MR) is 74.2 cm³/mol. The lowest BCUT2D eigenvalue weighted by Crippen LogP contribution is -2.24. The quantitative estimate of drug-likeness (QED) is 0.848. The zero-order valence-electron chi connectivity index (χ0n) is 11.4. The minimum atomic E-state index is 0.0422. The van der Waals surface area contributed by atoms with Gasteiger partial charge in [0.25, 0.3) is 0 Å². The molecular weight excluding hydrogens is 264 g/mol. The van der Waals surface area contributed by atoms with E-state index >= 15 is 0 Å². The van der Waals surface area contributed by atoms with E-state index in [1.165, 1.54) is 11.8 Å². The Balaban J connectivity index is 2.00. The first-order valence-corrected chi connectivity index (χ1v) is 7.36. The molecule has 1 amide bonds. The van der Waals surface area contributed by atoms with Crippen molar-refractivity contribution in [2.24, 2.45) is 5.92 Å². The minimum absolute atomic E-state index is 0.0422. The van der Waals surface area contributed by atoms with E-state index in [9.17, 15) is 9.59 Å². The van der Waals surface area contributed by atoms with Crippen molar-refractivity contribution in [2.45, 2.75) is 33.1 Å². The topological polar surface area (TPSA) is 63.4 Å². The summed E-state index contributed by atoms with van der Waals surface area (Å²) < 4.78 is 5.24. The lowest BCUT2D eigenvalue weighted by atomic mass is 10.1. The number of hydrogen-bond acceptors (Lipinski definition) is 5. The number of anilines is 1. The van der Waals surface area contributed by atoms with Crippen LogP contribution in [0.25, 0.3) is 0 Å². The van der Waals surface area contributed by atoms with E-state index in [0.29, 0.717) is 24.6 Å². The van der Waals surface area contributed by atoms with Crippen LogP contribution in [-0.2, 0) is 9.59 Å². The predicted octanol–water partition coefficient (Wildman–Crippen LogP) is 2.43. The van der Waals surface area contributed by atoms with Gasteiger partial charge in [0.2, 0.25) is 11.8 Å². The Hall–Kier alpha value is -1.30. The van der Waals surface area contributed by atoms with Gasteiger partial charge in [0.1, 0.15) is 0 Å². The highest BCUT2D eigenvalue weighted by molar-refractivity contribution is 8.13. The van der Waals surface area contributed by atoms with Gasteiger partial charge < -0.3 is 4.52 Å². The molecule has 0 bridgehead atoms. The van der Waals surface area contributed by atoms with Gasteiger partial charge in [-0.2, -0.15) is 0 Å². The number of carbonyl (C=O) groups excluding carboxylic acids is 2. The van der Waals surface area contributed by atoms with Crippen LogP contribution >= 0.6 is 11.8 Å². The Labute approximate surface area is 116 Å². The fraction of sp³-hybridized carbons (Fsp3) is 0.615. The Morgan fingerprint density at radius 1 is 1.63 bits per heavy atom. The third-order valence-electron chi connectivity index (χ3n) is 3.10. The standard InChI is InChI=1S/C13H18N2O3S/c1-8(2)11-5-13(18-14-11)15-6-10(4-12(15)17)7-19-9(3)16/h5,8,10H,4,6-7H2,1-3H3. The normalized spacial score (nSPS) is 19.5. The molecule has 1 aromatic heterocycles. The molecule has 0 aromatic carbocycles. The van der Waals surface area contributed by atoms with E-state index in [0.717, 1.165) is 5.69 Å². The highest BCUT2D eigenvalue weighted by Gasteiger charge is 2.33. The van der Waals surface area contributed by atoms with E-state index in [2.05, 4.69) is 5.16 Å². The van der Waals surface area contributed by atoms with Crippen LogP contribution in [-0.4, -0.2) is 28.5 Å². The van der Waals surface area contributed by atoms with Crippen molar-refractivity contribution >= 4 is 28.7 Å². The number of rotatable bonds is 4. The summed E-state index contributed by atoms with van der Waals surface area (Å²) in [4.78, 5) is 24.5. The summed E-state index contributed by atoms with van der Waals surface area (Å²) in [5.41, 5.74) is 0.851. The van der Waals surface area contributed by atoms with Crippen molar-refractivity contribution in [1.82, 2.24) is 5.16 Å². The third-order valence-corrected chi connectivity index (χ3v) is 4.15. The molecule has 1 fully saturated rings. The van der Waals surface area contributed by atoms with Gasteiger partial charge in [-0.3, -0.25) is 14.5 Å². The van der Waals surface area contributed by atoms with Crippen LogP contribution < -0.4 is 4.90 Å². The second-order valence-electron chi connectivity index (χ2n) is 5.12. The van der Waals surface area contributed by atoms with Crippen molar-refractivity contribution in [3.8, 4) is 0 Å². The van der Waals surface area contributed by atoms with E-state index < -0.39 is 0 Å². The van der Waals surface area contributed by atoms with Crippen LogP contribution in [0.3, 0.4) is 0 Å². The maximum absolute atomic E-state index is 12.0. The molecule has 104 valence electrons. The van der Waals surface area contributed by atoms with Gasteiger partial charge in [-0.1, -0.05) is 30.8 Å². The summed E-state index contributed by atoms with van der Waals surface area (Å²) in [6.45, 7) is 6.20. The number of nitrogens with zero attached hydrogens (tertiary/aromatic N) is 2. The van der Waals surface area contributed by atoms with Crippen molar-refractivity contribution in [3.63, 3.8) is 0 Å². The van der Waals surface area contributed by atoms with Crippen LogP contribution in [0, 0.1) is 5.92 Å². The molecule has 2 rings (SSSR count). The van der Waals surface area contributed by atoms with Crippen LogP contribution in [0.5, 0.6) is 0 Å². The molecule has 2 heterocycles. The molecule has 0 spiro atoms. The summed E-state index contributed by atoms with van der Waals surface area (Å²) in [6.07, 6.45) is 0.470. The van der Waals surface area contributed by atoms with Gasteiger partial charge in [0, 0.05) is 31.7 Å². The smallest absolute Gasteiger partial charge is 0.234 e. The van der Waals surface area contributed by atoms with Gasteiger partial charge in [-0.15, -0.1) is 0 Å². The van der Waals surface area contributed by atoms with Crippen molar-refractivity contribution in [1.29, 1.82) is 0 Å². The molecule has 0 aliphatic carbocycles. The molecule has 1 atom stereocenters.